The third-order valence-corrected chi connectivity index (χ3v) is 3.28. The van der Waals surface area contributed by atoms with E-state index in [9.17, 15) is 8.78 Å². The molecule has 0 bridgehead atoms. The smallest absolute Gasteiger partial charge is 0.138 e. The Morgan fingerprint density at radius 2 is 2.05 bits per heavy atom. The molecular formula is C14H19F2N5. The molecular weight excluding hydrogens is 276 g/mol. The maximum Gasteiger partial charge on any atom is 0.138 e. The highest BCUT2D eigenvalue weighted by molar-refractivity contribution is 5.20. The second-order valence-electron chi connectivity index (χ2n) is 5.22. The number of hydrogen-bond donors (Lipinski definition) is 2. The Kier molecular flexibility index (Phi) is 4.98. The van der Waals surface area contributed by atoms with Gasteiger partial charge in [-0.15, -0.1) is 0 Å². The molecule has 0 aliphatic heterocycles. The average Bonchev–Trinajstić information content (AvgIpc) is 2.89. The summed E-state index contributed by atoms with van der Waals surface area (Å²) in [5.74, 6) is 5.15. The van der Waals surface area contributed by atoms with Crippen molar-refractivity contribution in [3.05, 3.63) is 47.5 Å². The fourth-order valence-corrected chi connectivity index (χ4v) is 2.21. The molecule has 2 rings (SSSR count). The van der Waals surface area contributed by atoms with Gasteiger partial charge >= 0.3 is 0 Å². The van der Waals surface area contributed by atoms with Crippen LogP contribution in [0.15, 0.2) is 24.5 Å². The number of halogens is 2. The van der Waals surface area contributed by atoms with Crippen molar-refractivity contribution in [3.8, 4) is 0 Å². The first kappa shape index (κ1) is 15.5. The van der Waals surface area contributed by atoms with Crippen molar-refractivity contribution < 1.29 is 8.78 Å². The number of benzene rings is 1. The largest absolute Gasteiger partial charge is 0.271 e. The molecule has 1 unspecified atom stereocenters. The van der Waals surface area contributed by atoms with Gasteiger partial charge in [0.05, 0.1) is 0 Å². The molecule has 7 heteroatoms. The molecule has 114 valence electrons. The Morgan fingerprint density at radius 1 is 1.29 bits per heavy atom. The molecule has 0 spiro atoms. The second-order valence-corrected chi connectivity index (χ2v) is 5.22. The monoisotopic (exact) mass is 295 g/mol. The molecule has 0 radical (unpaired) electrons. The highest BCUT2D eigenvalue weighted by Gasteiger charge is 2.16. The van der Waals surface area contributed by atoms with Gasteiger partial charge in [-0.3, -0.25) is 11.3 Å². The lowest BCUT2D eigenvalue weighted by atomic mass is 10.0. The van der Waals surface area contributed by atoms with Gasteiger partial charge < -0.3 is 0 Å². The Bertz CT molecular complexity index is 597. The van der Waals surface area contributed by atoms with Crippen LogP contribution in [0.2, 0.25) is 0 Å². The van der Waals surface area contributed by atoms with Crippen LogP contribution in [0.3, 0.4) is 0 Å². The Morgan fingerprint density at radius 3 is 2.67 bits per heavy atom. The van der Waals surface area contributed by atoms with Crippen molar-refractivity contribution in [2.75, 3.05) is 0 Å². The molecule has 2 aromatic rings. The van der Waals surface area contributed by atoms with E-state index >= 15 is 0 Å². The Labute approximate surface area is 122 Å². The van der Waals surface area contributed by atoms with Crippen LogP contribution in [0.1, 0.15) is 31.3 Å². The fourth-order valence-electron chi connectivity index (χ4n) is 2.21. The first-order valence-corrected chi connectivity index (χ1v) is 6.79. The number of hydrazine groups is 1. The third-order valence-electron chi connectivity index (χ3n) is 3.28. The SMILES string of the molecule is CC(C)n1ncnc1CC(Cc1ccc(F)cc1F)NN. The van der Waals surface area contributed by atoms with Crippen LogP contribution < -0.4 is 11.3 Å². The minimum atomic E-state index is -0.590. The maximum atomic E-state index is 13.7. The van der Waals surface area contributed by atoms with E-state index in [1.54, 1.807) is 4.68 Å². The summed E-state index contributed by atoms with van der Waals surface area (Å²) in [6, 6.07) is 3.51. The van der Waals surface area contributed by atoms with Gasteiger partial charge in [0.25, 0.3) is 0 Å². The molecule has 1 aromatic carbocycles. The zero-order valence-electron chi connectivity index (χ0n) is 12.1. The number of hydrogen-bond acceptors (Lipinski definition) is 4. The number of nitrogens with two attached hydrogens (primary N) is 1. The Hall–Kier alpha value is -1.86. The molecule has 0 aliphatic carbocycles. The van der Waals surface area contributed by atoms with Crippen LogP contribution in [0.5, 0.6) is 0 Å². The van der Waals surface area contributed by atoms with Crippen LogP contribution >= 0.6 is 0 Å². The van der Waals surface area contributed by atoms with Crippen LogP contribution in [-0.2, 0) is 12.8 Å². The van der Waals surface area contributed by atoms with Crippen molar-refractivity contribution in [1.82, 2.24) is 20.2 Å². The summed E-state index contributed by atoms with van der Waals surface area (Å²) in [6.45, 7) is 4.01. The number of aromatic nitrogens is 3. The van der Waals surface area contributed by atoms with Gasteiger partial charge in [0.2, 0.25) is 0 Å². The third kappa shape index (κ3) is 3.83. The predicted molar refractivity (Wildman–Crippen MR) is 75.3 cm³/mol. The molecule has 0 fully saturated rings. The highest BCUT2D eigenvalue weighted by atomic mass is 19.1. The van der Waals surface area contributed by atoms with Gasteiger partial charge in [0, 0.05) is 24.6 Å². The molecule has 0 saturated carbocycles. The van der Waals surface area contributed by atoms with Crippen LogP contribution in [-0.4, -0.2) is 20.8 Å². The molecule has 1 heterocycles. The lowest BCUT2D eigenvalue weighted by molar-refractivity contribution is 0.453. The quantitative estimate of drug-likeness (QED) is 0.629. The summed E-state index contributed by atoms with van der Waals surface area (Å²) in [4.78, 5) is 4.21. The van der Waals surface area contributed by atoms with E-state index in [2.05, 4.69) is 15.5 Å². The molecule has 0 amide bonds. The summed E-state index contributed by atoms with van der Waals surface area (Å²) >= 11 is 0. The van der Waals surface area contributed by atoms with E-state index in [0.717, 1.165) is 11.9 Å². The highest BCUT2D eigenvalue weighted by Crippen LogP contribution is 2.14. The first-order valence-electron chi connectivity index (χ1n) is 6.79. The molecule has 5 nitrogen and oxygen atoms in total. The van der Waals surface area contributed by atoms with E-state index in [1.165, 1.54) is 18.5 Å². The molecule has 1 aromatic heterocycles. The van der Waals surface area contributed by atoms with Crippen LogP contribution in [0.25, 0.3) is 0 Å². The lowest BCUT2D eigenvalue weighted by Crippen LogP contribution is -2.39. The zero-order chi connectivity index (χ0) is 15.4. The number of nitrogens with one attached hydrogen (secondary N) is 1. The topological polar surface area (TPSA) is 68.8 Å². The van der Waals surface area contributed by atoms with Gasteiger partial charge in [-0.05, 0) is 31.9 Å². The number of nitrogens with zero attached hydrogens (tertiary/aromatic N) is 3. The normalized spacial score (nSPS) is 12.9. The van der Waals surface area contributed by atoms with Crippen molar-refractivity contribution >= 4 is 0 Å². The van der Waals surface area contributed by atoms with Crippen LogP contribution in [0, 0.1) is 11.6 Å². The van der Waals surface area contributed by atoms with E-state index in [4.69, 9.17) is 5.84 Å². The maximum absolute atomic E-state index is 13.7. The van der Waals surface area contributed by atoms with E-state index < -0.39 is 11.6 Å². The first-order chi connectivity index (χ1) is 10.0. The Balaban J connectivity index is 2.11. The van der Waals surface area contributed by atoms with Gasteiger partial charge in [-0.2, -0.15) is 5.10 Å². The van der Waals surface area contributed by atoms with E-state index in [0.29, 0.717) is 18.4 Å². The standard InChI is InChI=1S/C14H19F2N5/c1-9(2)21-14(18-8-19-21)7-12(20-17)5-10-3-4-11(15)6-13(10)16/h3-4,6,8-9,12,20H,5,7,17H2,1-2H3. The lowest BCUT2D eigenvalue weighted by Gasteiger charge is -2.17. The van der Waals surface area contributed by atoms with Crippen molar-refractivity contribution in [2.45, 2.75) is 38.8 Å². The second kappa shape index (κ2) is 6.73. The predicted octanol–water partition coefficient (Wildman–Crippen LogP) is 1.75. The summed E-state index contributed by atoms with van der Waals surface area (Å²) in [5.41, 5.74) is 3.07. The summed E-state index contributed by atoms with van der Waals surface area (Å²) < 4.78 is 28.4. The molecule has 3 N–H and O–H groups in total. The molecule has 0 saturated heterocycles. The van der Waals surface area contributed by atoms with Gasteiger partial charge in [0.15, 0.2) is 0 Å². The van der Waals surface area contributed by atoms with Crippen molar-refractivity contribution in [3.63, 3.8) is 0 Å². The zero-order valence-corrected chi connectivity index (χ0v) is 12.1. The molecule has 0 aliphatic rings. The fraction of sp³-hybridized carbons (Fsp3) is 0.429. The average molecular weight is 295 g/mol. The van der Waals surface area contributed by atoms with Gasteiger partial charge in [-0.1, -0.05) is 6.07 Å². The van der Waals surface area contributed by atoms with E-state index in [-0.39, 0.29) is 12.1 Å². The number of rotatable bonds is 6. The summed E-state index contributed by atoms with van der Waals surface area (Å²) in [6.07, 6.45) is 2.33. The van der Waals surface area contributed by atoms with Crippen molar-refractivity contribution in [1.29, 1.82) is 0 Å². The van der Waals surface area contributed by atoms with E-state index in [1.807, 2.05) is 13.8 Å². The molecule has 1 atom stereocenters. The minimum Gasteiger partial charge on any atom is -0.271 e. The molecule has 21 heavy (non-hydrogen) atoms. The van der Waals surface area contributed by atoms with Gasteiger partial charge in [0.1, 0.15) is 23.8 Å². The summed E-state index contributed by atoms with van der Waals surface area (Å²) in [7, 11) is 0. The minimum absolute atomic E-state index is 0.184. The van der Waals surface area contributed by atoms with Crippen LogP contribution in [0.4, 0.5) is 8.78 Å². The van der Waals surface area contributed by atoms with Crippen molar-refractivity contribution in [2.24, 2.45) is 5.84 Å². The van der Waals surface area contributed by atoms with Gasteiger partial charge in [-0.25, -0.2) is 18.4 Å². The summed E-state index contributed by atoms with van der Waals surface area (Å²) in [5, 5.41) is 4.15.